The van der Waals surface area contributed by atoms with Gasteiger partial charge < -0.3 is 14.0 Å². The Hall–Kier alpha value is -3.98. The van der Waals surface area contributed by atoms with Gasteiger partial charge >= 0.3 is 5.97 Å². The maximum absolute atomic E-state index is 13.2. The summed E-state index contributed by atoms with van der Waals surface area (Å²) in [5, 5.41) is 5.02. The van der Waals surface area contributed by atoms with E-state index in [1.165, 1.54) is 36.6 Å². The maximum atomic E-state index is 13.2. The zero-order valence-corrected chi connectivity index (χ0v) is 19.6. The molecule has 174 valence electrons. The fourth-order valence-corrected chi connectivity index (χ4v) is 4.33. The van der Waals surface area contributed by atoms with Gasteiger partial charge in [-0.25, -0.2) is 14.2 Å². The minimum Gasteiger partial charge on any atom is -0.484 e. The van der Waals surface area contributed by atoms with Gasteiger partial charge in [0, 0.05) is 34.1 Å². The van der Waals surface area contributed by atoms with E-state index in [2.05, 4.69) is 14.9 Å². The number of carbonyl (C=O) groups is 2. The number of carbonyl (C=O) groups excluding carboxylic acids is 2. The fourth-order valence-electron chi connectivity index (χ4n) is 3.60. The van der Waals surface area contributed by atoms with E-state index in [-0.39, 0.29) is 24.2 Å². The van der Waals surface area contributed by atoms with Crippen molar-refractivity contribution in [1.82, 2.24) is 9.55 Å². The molecule has 0 aliphatic carbocycles. The van der Waals surface area contributed by atoms with Crippen LogP contribution in [0.1, 0.15) is 21.7 Å². The molecule has 2 heterocycles. The monoisotopic (exact) mass is 479 g/mol. The van der Waals surface area contributed by atoms with E-state index in [1.54, 1.807) is 18.2 Å². The van der Waals surface area contributed by atoms with Crippen molar-refractivity contribution in [2.75, 3.05) is 19.0 Å². The van der Waals surface area contributed by atoms with Crippen molar-refractivity contribution in [2.45, 2.75) is 13.8 Å². The Morgan fingerprint density at radius 1 is 1.12 bits per heavy atom. The third kappa shape index (κ3) is 4.99. The molecule has 0 aliphatic rings. The molecule has 0 spiro atoms. The molecule has 0 saturated carbocycles. The van der Waals surface area contributed by atoms with Gasteiger partial charge in [-0.1, -0.05) is 6.07 Å². The minimum absolute atomic E-state index is 0.256. The second-order valence-corrected chi connectivity index (χ2v) is 8.35. The zero-order valence-electron chi connectivity index (χ0n) is 18.8. The molecule has 1 N–H and O–H groups in total. The average Bonchev–Trinajstić information content (AvgIpc) is 3.40. The standard InChI is InChI=1S/C25H22FN3O4S/c1-15-11-21(16(2)29(15)19-9-7-17(8-10-19)24(31)32-3)22-14-34-25(27-22)28-23(30)13-33-20-6-4-5-18(26)12-20/h4-12,14H,13H2,1-3H3,(H,27,28,30). The number of aryl methyl sites for hydroxylation is 1. The van der Waals surface area contributed by atoms with Crippen molar-refractivity contribution in [3.05, 3.63) is 82.7 Å². The van der Waals surface area contributed by atoms with Gasteiger partial charge in [-0.15, -0.1) is 11.3 Å². The minimum atomic E-state index is -0.431. The van der Waals surface area contributed by atoms with Crippen LogP contribution in [0.15, 0.2) is 60.0 Å². The lowest BCUT2D eigenvalue weighted by Gasteiger charge is -2.10. The van der Waals surface area contributed by atoms with Gasteiger partial charge in [0.25, 0.3) is 5.91 Å². The predicted octanol–water partition coefficient (Wildman–Crippen LogP) is 5.16. The van der Waals surface area contributed by atoms with Crippen molar-refractivity contribution in [1.29, 1.82) is 0 Å². The highest BCUT2D eigenvalue weighted by Gasteiger charge is 2.16. The molecule has 4 aromatic rings. The molecule has 2 aromatic carbocycles. The zero-order chi connectivity index (χ0) is 24.2. The summed E-state index contributed by atoms with van der Waals surface area (Å²) in [4.78, 5) is 28.5. The topological polar surface area (TPSA) is 82.5 Å². The number of amides is 1. The Kier molecular flexibility index (Phi) is 6.74. The molecule has 0 radical (unpaired) electrons. The van der Waals surface area contributed by atoms with Gasteiger partial charge in [0.1, 0.15) is 11.6 Å². The molecule has 4 rings (SSSR count). The molecule has 0 aliphatic heterocycles. The van der Waals surface area contributed by atoms with E-state index in [4.69, 9.17) is 9.47 Å². The number of hydrogen-bond donors (Lipinski definition) is 1. The number of esters is 1. The van der Waals surface area contributed by atoms with Crippen molar-refractivity contribution in [2.24, 2.45) is 0 Å². The molecular weight excluding hydrogens is 457 g/mol. The van der Waals surface area contributed by atoms with Crippen LogP contribution in [0.3, 0.4) is 0 Å². The Morgan fingerprint density at radius 2 is 1.88 bits per heavy atom. The highest BCUT2D eigenvalue weighted by atomic mass is 32.1. The summed E-state index contributed by atoms with van der Waals surface area (Å²) in [6.45, 7) is 3.72. The Bertz CT molecular complexity index is 1340. The van der Waals surface area contributed by atoms with Gasteiger partial charge in [-0.05, 0) is 56.3 Å². The van der Waals surface area contributed by atoms with Crippen LogP contribution >= 0.6 is 11.3 Å². The normalized spacial score (nSPS) is 10.7. The fraction of sp³-hybridized carbons (Fsp3) is 0.160. The third-order valence-electron chi connectivity index (χ3n) is 5.17. The number of hydrogen-bond acceptors (Lipinski definition) is 6. The first-order valence-corrected chi connectivity index (χ1v) is 11.3. The second kappa shape index (κ2) is 9.88. The highest BCUT2D eigenvalue weighted by Crippen LogP contribution is 2.31. The van der Waals surface area contributed by atoms with Crippen LogP contribution in [-0.4, -0.2) is 35.1 Å². The summed E-state index contributed by atoms with van der Waals surface area (Å²) in [5.74, 6) is -0.922. The van der Waals surface area contributed by atoms with Crippen LogP contribution in [0.2, 0.25) is 0 Å². The van der Waals surface area contributed by atoms with E-state index >= 15 is 0 Å². The lowest BCUT2D eigenvalue weighted by atomic mass is 10.2. The number of nitrogens with one attached hydrogen (secondary N) is 1. The second-order valence-electron chi connectivity index (χ2n) is 7.49. The highest BCUT2D eigenvalue weighted by molar-refractivity contribution is 7.14. The first-order chi connectivity index (χ1) is 16.4. The van der Waals surface area contributed by atoms with E-state index in [0.29, 0.717) is 10.7 Å². The van der Waals surface area contributed by atoms with Gasteiger partial charge in [0.15, 0.2) is 11.7 Å². The quantitative estimate of drug-likeness (QED) is 0.370. The summed E-state index contributed by atoms with van der Waals surface area (Å²) in [6, 6.07) is 14.8. The molecule has 0 bridgehead atoms. The summed E-state index contributed by atoms with van der Waals surface area (Å²) >= 11 is 1.30. The van der Waals surface area contributed by atoms with Gasteiger partial charge in [-0.3, -0.25) is 10.1 Å². The molecule has 0 fully saturated rings. The van der Waals surface area contributed by atoms with Crippen molar-refractivity contribution in [3.63, 3.8) is 0 Å². The number of rotatable bonds is 7. The molecule has 0 saturated heterocycles. The SMILES string of the molecule is COC(=O)c1ccc(-n2c(C)cc(-c3csc(NC(=O)COc4cccc(F)c4)n3)c2C)cc1. The number of anilines is 1. The van der Waals surface area contributed by atoms with E-state index in [1.807, 2.05) is 37.4 Å². The maximum Gasteiger partial charge on any atom is 0.337 e. The van der Waals surface area contributed by atoms with Crippen LogP contribution in [0, 0.1) is 19.7 Å². The van der Waals surface area contributed by atoms with E-state index in [0.717, 1.165) is 28.3 Å². The lowest BCUT2D eigenvalue weighted by Crippen LogP contribution is -2.20. The van der Waals surface area contributed by atoms with Crippen molar-refractivity contribution >= 4 is 28.3 Å². The van der Waals surface area contributed by atoms with Crippen molar-refractivity contribution < 1.29 is 23.5 Å². The number of methoxy groups -OCH3 is 1. The predicted molar refractivity (Wildman–Crippen MR) is 128 cm³/mol. The summed E-state index contributed by atoms with van der Waals surface area (Å²) in [5.41, 5.74) is 5.03. The van der Waals surface area contributed by atoms with Gasteiger partial charge in [0.05, 0.1) is 18.4 Å². The third-order valence-corrected chi connectivity index (χ3v) is 5.93. The van der Waals surface area contributed by atoms with Crippen LogP contribution in [0.5, 0.6) is 5.75 Å². The first-order valence-electron chi connectivity index (χ1n) is 10.4. The molecule has 7 nitrogen and oxygen atoms in total. The molecule has 9 heteroatoms. The largest absolute Gasteiger partial charge is 0.484 e. The lowest BCUT2D eigenvalue weighted by molar-refractivity contribution is -0.118. The Morgan fingerprint density at radius 3 is 2.59 bits per heavy atom. The van der Waals surface area contributed by atoms with Crippen LogP contribution in [0.25, 0.3) is 16.9 Å². The summed E-state index contributed by atoms with van der Waals surface area (Å²) < 4.78 is 25.4. The molecule has 0 unspecified atom stereocenters. The summed E-state index contributed by atoms with van der Waals surface area (Å²) in [6.07, 6.45) is 0. The molecule has 34 heavy (non-hydrogen) atoms. The van der Waals surface area contributed by atoms with Crippen molar-refractivity contribution in [3.8, 4) is 22.7 Å². The van der Waals surface area contributed by atoms with Crippen LogP contribution in [0.4, 0.5) is 9.52 Å². The van der Waals surface area contributed by atoms with Crippen LogP contribution in [-0.2, 0) is 9.53 Å². The number of thiazole rings is 1. The first kappa shape index (κ1) is 23.2. The van der Waals surface area contributed by atoms with E-state index < -0.39 is 5.82 Å². The van der Waals surface area contributed by atoms with Gasteiger partial charge in [-0.2, -0.15) is 0 Å². The number of nitrogens with zero attached hydrogens (tertiary/aromatic N) is 2. The Labute approximate surface area is 199 Å². The molecular formula is C25H22FN3O4S. The molecule has 2 aromatic heterocycles. The smallest absolute Gasteiger partial charge is 0.337 e. The average molecular weight is 480 g/mol. The van der Waals surface area contributed by atoms with E-state index in [9.17, 15) is 14.0 Å². The molecule has 1 amide bonds. The van der Waals surface area contributed by atoms with Crippen LogP contribution < -0.4 is 10.1 Å². The number of benzene rings is 2. The summed E-state index contributed by atoms with van der Waals surface area (Å²) in [7, 11) is 1.35. The van der Waals surface area contributed by atoms with Gasteiger partial charge in [0.2, 0.25) is 0 Å². The molecule has 0 atom stereocenters. The number of ether oxygens (including phenoxy) is 2. The number of aromatic nitrogens is 2. The Balaban J connectivity index is 1.47. The number of halogens is 1.